The smallest absolute Gasteiger partial charge is 0.203 e. The third-order valence-electron chi connectivity index (χ3n) is 5.53. The fourth-order valence-corrected chi connectivity index (χ4v) is 3.83. The van der Waals surface area contributed by atoms with E-state index in [4.69, 9.17) is 9.15 Å². The Morgan fingerprint density at radius 2 is 1.87 bits per heavy atom. The molecule has 0 saturated heterocycles. The molecule has 0 N–H and O–H groups in total. The van der Waals surface area contributed by atoms with Crippen LogP contribution in [0.2, 0.25) is 0 Å². The van der Waals surface area contributed by atoms with Crippen molar-refractivity contribution >= 4 is 22.8 Å². The number of benzene rings is 2. The topological polar surface area (TPSA) is 56.5 Å². The second kappa shape index (κ2) is 9.08. The van der Waals surface area contributed by atoms with E-state index in [9.17, 15) is 14.0 Å². The standard InChI is InChI=1S/C25H23FO4/c26-20-12-9-18(10-13-20)21(27)14-11-19-16-30-23-8-4-7-22(24(23)25(19)28)29-15-17-5-2-1-3-6-17/h4,7-14,16-17H,1-3,5-6,15H2/b14-11+. The molecule has 2 aromatic carbocycles. The fraction of sp³-hybridized carbons (Fsp3) is 0.280. The van der Waals surface area contributed by atoms with Gasteiger partial charge in [-0.25, -0.2) is 4.39 Å². The monoisotopic (exact) mass is 406 g/mol. The Kier molecular flexibility index (Phi) is 6.07. The molecule has 0 unspecified atom stereocenters. The van der Waals surface area contributed by atoms with Crippen molar-refractivity contribution in [1.29, 1.82) is 0 Å². The molecule has 1 aliphatic carbocycles. The highest BCUT2D eigenvalue weighted by Crippen LogP contribution is 2.27. The first-order valence-electron chi connectivity index (χ1n) is 10.3. The molecular weight excluding hydrogens is 383 g/mol. The maximum Gasteiger partial charge on any atom is 0.203 e. The van der Waals surface area contributed by atoms with Crippen LogP contribution in [-0.2, 0) is 0 Å². The minimum absolute atomic E-state index is 0.251. The molecular formula is C25H23FO4. The third kappa shape index (κ3) is 4.51. The highest BCUT2D eigenvalue weighted by atomic mass is 19.1. The van der Waals surface area contributed by atoms with Crippen LogP contribution in [0.15, 0.2) is 64.0 Å². The van der Waals surface area contributed by atoms with Gasteiger partial charge in [0.25, 0.3) is 0 Å². The summed E-state index contributed by atoms with van der Waals surface area (Å²) in [6.07, 6.45) is 10.1. The summed E-state index contributed by atoms with van der Waals surface area (Å²) in [6, 6.07) is 10.6. The number of hydrogen-bond donors (Lipinski definition) is 0. The predicted molar refractivity (Wildman–Crippen MR) is 114 cm³/mol. The van der Waals surface area contributed by atoms with E-state index < -0.39 is 5.82 Å². The normalized spacial score (nSPS) is 15.0. The van der Waals surface area contributed by atoms with Gasteiger partial charge >= 0.3 is 0 Å². The minimum Gasteiger partial charge on any atom is -0.492 e. The largest absolute Gasteiger partial charge is 0.492 e. The lowest BCUT2D eigenvalue weighted by Gasteiger charge is -2.21. The molecule has 1 heterocycles. The molecule has 154 valence electrons. The summed E-state index contributed by atoms with van der Waals surface area (Å²) in [7, 11) is 0. The van der Waals surface area contributed by atoms with Gasteiger partial charge in [0.1, 0.15) is 28.8 Å². The second-order valence-electron chi connectivity index (χ2n) is 7.67. The lowest BCUT2D eigenvalue weighted by Crippen LogP contribution is -2.16. The van der Waals surface area contributed by atoms with E-state index in [1.807, 2.05) is 0 Å². The van der Waals surface area contributed by atoms with Crippen molar-refractivity contribution in [1.82, 2.24) is 0 Å². The molecule has 0 atom stereocenters. The number of carbonyl (C=O) groups excluding carboxylic acids is 1. The van der Waals surface area contributed by atoms with Gasteiger partial charge in [0, 0.05) is 5.56 Å². The van der Waals surface area contributed by atoms with E-state index in [0.29, 0.717) is 34.8 Å². The maximum atomic E-state index is 13.0. The number of allylic oxidation sites excluding steroid dienone is 1. The Hall–Kier alpha value is -3.21. The molecule has 0 aliphatic heterocycles. The summed E-state index contributed by atoms with van der Waals surface area (Å²) in [5.74, 6) is 0.284. The summed E-state index contributed by atoms with van der Waals surface area (Å²) >= 11 is 0. The summed E-state index contributed by atoms with van der Waals surface area (Å²) in [5.41, 5.74) is 0.794. The van der Waals surface area contributed by atoms with Crippen molar-refractivity contribution in [3.05, 3.63) is 82.0 Å². The maximum absolute atomic E-state index is 13.0. The van der Waals surface area contributed by atoms with Crippen molar-refractivity contribution in [2.24, 2.45) is 5.92 Å². The number of ether oxygens (including phenoxy) is 1. The Morgan fingerprint density at radius 1 is 1.10 bits per heavy atom. The summed E-state index contributed by atoms with van der Waals surface area (Å²) in [4.78, 5) is 25.3. The first-order chi connectivity index (χ1) is 14.6. The lowest BCUT2D eigenvalue weighted by atomic mass is 9.90. The first kappa shape index (κ1) is 20.1. The molecule has 1 fully saturated rings. The van der Waals surface area contributed by atoms with Crippen molar-refractivity contribution < 1.29 is 18.3 Å². The zero-order valence-electron chi connectivity index (χ0n) is 16.6. The Morgan fingerprint density at radius 3 is 2.63 bits per heavy atom. The highest BCUT2D eigenvalue weighted by molar-refractivity contribution is 6.06. The van der Waals surface area contributed by atoms with E-state index in [2.05, 4.69) is 0 Å². The summed E-state index contributed by atoms with van der Waals surface area (Å²) in [5, 5.41) is 0.379. The first-order valence-corrected chi connectivity index (χ1v) is 10.3. The zero-order valence-corrected chi connectivity index (χ0v) is 16.6. The summed E-state index contributed by atoms with van der Waals surface area (Å²) in [6.45, 7) is 0.585. The van der Waals surface area contributed by atoms with Crippen molar-refractivity contribution in [2.75, 3.05) is 6.61 Å². The van der Waals surface area contributed by atoms with E-state index in [0.717, 1.165) is 12.8 Å². The molecule has 1 aliphatic rings. The molecule has 5 heteroatoms. The van der Waals surface area contributed by atoms with Gasteiger partial charge < -0.3 is 9.15 Å². The van der Waals surface area contributed by atoms with Crippen LogP contribution >= 0.6 is 0 Å². The van der Waals surface area contributed by atoms with Gasteiger partial charge in [0.15, 0.2) is 5.78 Å². The average molecular weight is 406 g/mol. The third-order valence-corrected chi connectivity index (χ3v) is 5.53. The van der Waals surface area contributed by atoms with Crippen LogP contribution in [0.3, 0.4) is 0 Å². The molecule has 0 amide bonds. The van der Waals surface area contributed by atoms with E-state index >= 15 is 0 Å². The molecule has 1 aromatic heterocycles. The molecule has 30 heavy (non-hydrogen) atoms. The predicted octanol–water partition coefficient (Wildman–Crippen LogP) is 5.79. The highest BCUT2D eigenvalue weighted by Gasteiger charge is 2.16. The van der Waals surface area contributed by atoms with E-state index in [1.54, 1.807) is 18.2 Å². The number of hydrogen-bond acceptors (Lipinski definition) is 4. The zero-order chi connectivity index (χ0) is 20.9. The van der Waals surface area contributed by atoms with Gasteiger partial charge in [0.05, 0.1) is 12.2 Å². The molecule has 4 rings (SSSR count). The number of rotatable bonds is 6. The van der Waals surface area contributed by atoms with Crippen molar-refractivity contribution in [3.8, 4) is 5.75 Å². The van der Waals surface area contributed by atoms with Gasteiger partial charge in [-0.15, -0.1) is 0 Å². The molecule has 1 saturated carbocycles. The van der Waals surface area contributed by atoms with Crippen LogP contribution in [0.4, 0.5) is 4.39 Å². The Bertz CT molecular complexity index is 1120. The lowest BCUT2D eigenvalue weighted by molar-refractivity contribution is 0.104. The van der Waals surface area contributed by atoms with Crippen LogP contribution in [0.1, 0.15) is 48.0 Å². The minimum atomic E-state index is -0.411. The average Bonchev–Trinajstić information content (AvgIpc) is 2.78. The Labute approximate surface area is 174 Å². The number of ketones is 1. The van der Waals surface area contributed by atoms with Crippen molar-refractivity contribution in [2.45, 2.75) is 32.1 Å². The van der Waals surface area contributed by atoms with Gasteiger partial charge in [-0.1, -0.05) is 25.3 Å². The summed E-state index contributed by atoms with van der Waals surface area (Å²) < 4.78 is 24.7. The molecule has 3 aromatic rings. The van der Waals surface area contributed by atoms with E-state index in [1.165, 1.54) is 61.9 Å². The SMILES string of the molecule is O=C(/C=C/c1coc2cccc(OCC3CCCCC3)c2c1=O)c1ccc(F)cc1. The van der Waals surface area contributed by atoms with E-state index in [-0.39, 0.29) is 16.8 Å². The van der Waals surface area contributed by atoms with Crippen LogP contribution in [0.5, 0.6) is 5.75 Å². The van der Waals surface area contributed by atoms with Crippen molar-refractivity contribution in [3.63, 3.8) is 0 Å². The number of halogens is 1. The molecule has 0 bridgehead atoms. The Balaban J connectivity index is 1.58. The second-order valence-corrected chi connectivity index (χ2v) is 7.67. The van der Waals surface area contributed by atoms with Crippen LogP contribution in [0.25, 0.3) is 17.0 Å². The molecule has 4 nitrogen and oxygen atoms in total. The van der Waals surface area contributed by atoms with Crippen LogP contribution in [-0.4, -0.2) is 12.4 Å². The fourth-order valence-electron chi connectivity index (χ4n) is 3.83. The van der Waals surface area contributed by atoms with Crippen LogP contribution < -0.4 is 10.2 Å². The van der Waals surface area contributed by atoms with Gasteiger partial charge in [0.2, 0.25) is 5.43 Å². The molecule has 0 spiro atoms. The van der Waals surface area contributed by atoms with Gasteiger partial charge in [-0.2, -0.15) is 0 Å². The quantitative estimate of drug-likeness (QED) is 0.384. The van der Waals surface area contributed by atoms with Gasteiger partial charge in [-0.05, 0) is 67.3 Å². The number of carbonyl (C=O) groups is 1. The van der Waals surface area contributed by atoms with Crippen LogP contribution in [0, 0.1) is 11.7 Å². The number of fused-ring (bicyclic) bond motifs is 1. The van der Waals surface area contributed by atoms with Gasteiger partial charge in [-0.3, -0.25) is 9.59 Å². The molecule has 0 radical (unpaired) electrons.